The predicted octanol–water partition coefficient (Wildman–Crippen LogP) is 3.16. The molecule has 31 heavy (non-hydrogen) atoms. The predicted molar refractivity (Wildman–Crippen MR) is 112 cm³/mol. The van der Waals surface area contributed by atoms with E-state index >= 15 is 0 Å². The molecule has 0 atom stereocenters. The van der Waals surface area contributed by atoms with E-state index in [4.69, 9.17) is 24.1 Å². The van der Waals surface area contributed by atoms with Crippen molar-refractivity contribution in [2.24, 2.45) is 5.41 Å². The van der Waals surface area contributed by atoms with E-state index in [0.29, 0.717) is 43.3 Å². The minimum absolute atomic E-state index is 0.144. The molecule has 0 saturated carbocycles. The van der Waals surface area contributed by atoms with Gasteiger partial charge in [-0.25, -0.2) is 4.79 Å². The summed E-state index contributed by atoms with van der Waals surface area (Å²) in [4.78, 5) is 23.2. The highest BCUT2D eigenvalue weighted by molar-refractivity contribution is 6.02. The first-order chi connectivity index (χ1) is 15.0. The van der Waals surface area contributed by atoms with Crippen molar-refractivity contribution in [2.45, 2.75) is 12.8 Å². The van der Waals surface area contributed by atoms with E-state index < -0.39 is 11.5 Å². The van der Waals surface area contributed by atoms with Crippen LogP contribution in [0.15, 0.2) is 30.3 Å². The van der Waals surface area contributed by atoms with Crippen LogP contribution in [0, 0.1) is 5.41 Å². The summed E-state index contributed by atoms with van der Waals surface area (Å²) in [5, 5.41) is 11.4. The topological polar surface area (TPSA) is 103 Å². The van der Waals surface area contributed by atoms with Gasteiger partial charge in [0.2, 0.25) is 5.75 Å². The highest BCUT2D eigenvalue weighted by atomic mass is 16.5. The molecule has 1 fully saturated rings. The summed E-state index contributed by atoms with van der Waals surface area (Å²) in [5.74, 6) is 1.61. The summed E-state index contributed by atoms with van der Waals surface area (Å²) in [7, 11) is 3.10. The Morgan fingerprint density at radius 1 is 1.06 bits per heavy atom. The second-order valence-electron chi connectivity index (χ2n) is 7.87. The Hall–Kier alpha value is -3.26. The van der Waals surface area contributed by atoms with E-state index in [-0.39, 0.29) is 18.9 Å². The maximum Gasteiger partial charge on any atom is 0.404 e. The van der Waals surface area contributed by atoms with Crippen molar-refractivity contribution in [2.75, 3.05) is 40.6 Å². The molecule has 2 N–H and O–H groups in total. The second kappa shape index (κ2) is 8.47. The zero-order valence-electron chi connectivity index (χ0n) is 17.5. The molecule has 1 aliphatic heterocycles. The largest absolute Gasteiger partial charge is 0.493 e. The fraction of sp³-hybridized carbons (Fsp3) is 0.391. The number of hydrogen-bond donors (Lipinski definition) is 2. The lowest BCUT2D eigenvalue weighted by molar-refractivity contribution is -0.128. The van der Waals surface area contributed by atoms with Gasteiger partial charge in [-0.1, -0.05) is 18.2 Å². The van der Waals surface area contributed by atoms with E-state index in [0.717, 1.165) is 22.3 Å². The molecule has 0 unspecified atom stereocenters. The monoisotopic (exact) mass is 427 g/mol. The van der Waals surface area contributed by atoms with Crippen molar-refractivity contribution >= 4 is 11.9 Å². The molecule has 4 rings (SSSR count). The van der Waals surface area contributed by atoms with E-state index in [2.05, 4.69) is 5.32 Å². The maximum atomic E-state index is 12.2. The van der Waals surface area contributed by atoms with Gasteiger partial charge in [0.1, 0.15) is 6.61 Å². The van der Waals surface area contributed by atoms with E-state index in [1.807, 2.05) is 30.3 Å². The first kappa shape index (κ1) is 21.0. The Labute approximate surface area is 180 Å². The fourth-order valence-corrected chi connectivity index (χ4v) is 4.11. The number of carbonyl (C=O) groups excluding carboxylic acids is 1. The third-order valence-corrected chi connectivity index (χ3v) is 5.82. The lowest BCUT2D eigenvalue weighted by Crippen LogP contribution is -2.54. The number of Topliss-reactive ketones (excluding diaryl/α,β-unsaturated/α-hetero) is 1. The molecule has 0 radical (unpaired) electrons. The van der Waals surface area contributed by atoms with Gasteiger partial charge in [0.25, 0.3) is 0 Å². The van der Waals surface area contributed by atoms with E-state index in [1.54, 1.807) is 14.2 Å². The first-order valence-electron chi connectivity index (χ1n) is 10.1. The molecule has 0 spiro atoms. The van der Waals surface area contributed by atoms with Crippen molar-refractivity contribution in [1.29, 1.82) is 0 Å². The van der Waals surface area contributed by atoms with Gasteiger partial charge in [-0.2, -0.15) is 0 Å². The minimum atomic E-state index is -1.09. The summed E-state index contributed by atoms with van der Waals surface area (Å²) in [6, 6.07) is 9.41. The molecule has 2 aromatic carbocycles. The summed E-state index contributed by atoms with van der Waals surface area (Å²) in [6.45, 7) is 1.24. The Kier molecular flexibility index (Phi) is 5.73. The third kappa shape index (κ3) is 3.90. The van der Waals surface area contributed by atoms with Crippen LogP contribution >= 0.6 is 0 Å². The van der Waals surface area contributed by atoms with Gasteiger partial charge >= 0.3 is 6.09 Å². The van der Waals surface area contributed by atoms with Gasteiger partial charge < -0.3 is 29.4 Å². The highest BCUT2D eigenvalue weighted by Crippen LogP contribution is 2.47. The number of amides is 1. The molecule has 8 nitrogen and oxygen atoms in total. The van der Waals surface area contributed by atoms with Crippen molar-refractivity contribution in [3.05, 3.63) is 41.5 Å². The van der Waals surface area contributed by atoms with Crippen LogP contribution in [-0.2, 0) is 11.2 Å². The second-order valence-corrected chi connectivity index (χ2v) is 7.87. The Morgan fingerprint density at radius 3 is 2.48 bits per heavy atom. The summed E-state index contributed by atoms with van der Waals surface area (Å²) in [5.41, 5.74) is 3.00. The highest BCUT2D eigenvalue weighted by Gasteiger charge is 2.40. The zero-order chi connectivity index (χ0) is 22.0. The van der Waals surface area contributed by atoms with Crippen LogP contribution in [0.3, 0.4) is 0 Å². The van der Waals surface area contributed by atoms with Gasteiger partial charge in [0.05, 0.1) is 32.8 Å². The van der Waals surface area contributed by atoms with Crippen LogP contribution in [0.25, 0.3) is 11.1 Å². The molecule has 1 amide bonds. The van der Waals surface area contributed by atoms with E-state index in [9.17, 15) is 9.59 Å². The van der Waals surface area contributed by atoms with Crippen LogP contribution < -0.4 is 19.5 Å². The van der Waals surface area contributed by atoms with Crippen LogP contribution in [0.4, 0.5) is 4.79 Å². The Bertz CT molecular complexity index is 1010. The average Bonchev–Trinajstić information content (AvgIpc) is 3.13. The molecule has 2 aromatic rings. The average molecular weight is 427 g/mol. The van der Waals surface area contributed by atoms with Gasteiger partial charge in [-0.15, -0.1) is 0 Å². The van der Waals surface area contributed by atoms with Crippen LogP contribution in [0.2, 0.25) is 0 Å². The van der Waals surface area contributed by atoms with Crippen molar-refractivity contribution < 1.29 is 33.6 Å². The van der Waals surface area contributed by atoms with Crippen LogP contribution in [0.5, 0.6) is 17.2 Å². The van der Waals surface area contributed by atoms with Gasteiger partial charge in [-0.3, -0.25) is 4.79 Å². The molecule has 0 aromatic heterocycles. The first-order valence-corrected chi connectivity index (χ1v) is 10.1. The number of carboxylic acid groups (broad SMARTS) is 1. The van der Waals surface area contributed by atoms with Gasteiger partial charge in [0, 0.05) is 24.1 Å². The molecule has 1 aliphatic carbocycles. The Morgan fingerprint density at radius 2 is 1.84 bits per heavy atom. The smallest absolute Gasteiger partial charge is 0.404 e. The van der Waals surface area contributed by atoms with E-state index in [1.165, 1.54) is 0 Å². The number of rotatable bonds is 8. The number of nitrogens with one attached hydrogen (secondary N) is 1. The normalized spacial score (nSPS) is 16.3. The molecular formula is C23H25NO7. The summed E-state index contributed by atoms with van der Waals surface area (Å²) in [6.07, 6.45) is 0.0886. The van der Waals surface area contributed by atoms with Crippen LogP contribution in [-0.4, -0.2) is 57.6 Å². The molecular weight excluding hydrogens is 402 g/mol. The number of benzene rings is 2. The standard InChI is InChI=1S/C23H25NO7/c1-28-19-9-7-17(14-4-3-5-16-15(14)6-8-18(16)25)20(21(19)29-2)31-13-23(11-30-12-23)10-24-22(26)27/h3-5,7,9,24H,6,8,10-13H2,1-2H3,(H,26,27). The van der Waals surface area contributed by atoms with Crippen molar-refractivity contribution in [3.8, 4) is 28.4 Å². The number of methoxy groups -OCH3 is 2. The number of fused-ring (bicyclic) bond motifs is 1. The molecule has 0 bridgehead atoms. The fourth-order valence-electron chi connectivity index (χ4n) is 4.11. The molecule has 164 valence electrons. The molecule has 1 heterocycles. The summed E-state index contributed by atoms with van der Waals surface area (Å²) < 4.78 is 22.7. The van der Waals surface area contributed by atoms with Crippen molar-refractivity contribution in [3.63, 3.8) is 0 Å². The molecule has 8 heteroatoms. The Balaban J connectivity index is 1.73. The molecule has 1 saturated heterocycles. The van der Waals surface area contributed by atoms with Crippen LogP contribution in [0.1, 0.15) is 22.3 Å². The SMILES string of the molecule is COc1ccc(-c2cccc3c2CCC3=O)c(OCC2(CNC(=O)O)COC2)c1OC. The van der Waals surface area contributed by atoms with Gasteiger partial charge in [-0.05, 0) is 29.7 Å². The zero-order valence-corrected chi connectivity index (χ0v) is 17.5. The maximum absolute atomic E-state index is 12.2. The molecule has 2 aliphatic rings. The quantitative estimate of drug-likeness (QED) is 0.667. The number of ether oxygens (including phenoxy) is 4. The number of hydrogen-bond acceptors (Lipinski definition) is 6. The number of carbonyl (C=O) groups is 2. The van der Waals surface area contributed by atoms with Crippen molar-refractivity contribution in [1.82, 2.24) is 5.32 Å². The lowest BCUT2D eigenvalue weighted by atomic mass is 9.87. The number of ketones is 1. The summed E-state index contributed by atoms with van der Waals surface area (Å²) >= 11 is 0. The van der Waals surface area contributed by atoms with Gasteiger partial charge in [0.15, 0.2) is 17.3 Å². The third-order valence-electron chi connectivity index (χ3n) is 5.82. The lowest BCUT2D eigenvalue weighted by Gasteiger charge is -2.41. The minimum Gasteiger partial charge on any atom is -0.493 e.